The number of hydrogen-bond acceptors (Lipinski definition) is 2. The average Bonchev–Trinajstić information content (AvgIpc) is 2.44. The Morgan fingerprint density at radius 3 is 1.43 bits per heavy atom. The molecule has 0 amide bonds. The van der Waals surface area contributed by atoms with Crippen LogP contribution in [0, 0.1) is 0 Å². The lowest BCUT2D eigenvalue weighted by atomic mass is 10.0. The summed E-state index contributed by atoms with van der Waals surface area (Å²) in [6, 6.07) is 0. The monoisotopic (exact) mass is 326 g/mol. The SMILES string of the molecule is CCCCCCCC(CCCCCCC)S(=O)(=O)C(F)F. The molecule has 0 fully saturated rings. The summed E-state index contributed by atoms with van der Waals surface area (Å²) in [5.74, 6) is -3.23. The normalized spacial score (nSPS) is 12.5. The topological polar surface area (TPSA) is 34.1 Å². The third-order valence-electron chi connectivity index (χ3n) is 3.97. The standard InChI is InChI=1S/C16H32F2O2S/c1-3-5-7-9-11-13-15(21(19,20)16(17)18)14-12-10-8-6-4-2/h15-16H,3-14H2,1-2H3. The molecule has 0 aliphatic rings. The van der Waals surface area contributed by atoms with E-state index in [1.54, 1.807) is 0 Å². The molecule has 0 heterocycles. The Morgan fingerprint density at radius 1 is 0.714 bits per heavy atom. The van der Waals surface area contributed by atoms with Crippen molar-refractivity contribution in [1.82, 2.24) is 0 Å². The minimum atomic E-state index is -4.26. The molecule has 21 heavy (non-hydrogen) atoms. The Kier molecular flexibility index (Phi) is 12.3. The summed E-state index contributed by atoms with van der Waals surface area (Å²) < 4.78 is 48.9. The van der Waals surface area contributed by atoms with Crippen LogP contribution in [0.4, 0.5) is 8.78 Å². The van der Waals surface area contributed by atoms with Crippen LogP contribution in [0.3, 0.4) is 0 Å². The zero-order valence-corrected chi connectivity index (χ0v) is 14.4. The molecule has 2 nitrogen and oxygen atoms in total. The Balaban J connectivity index is 4.23. The van der Waals surface area contributed by atoms with Gasteiger partial charge in [0, 0.05) is 0 Å². The fourth-order valence-corrected chi connectivity index (χ4v) is 3.85. The second-order valence-corrected chi connectivity index (χ2v) is 8.08. The molecule has 0 saturated carbocycles. The molecule has 0 aliphatic carbocycles. The molecule has 0 aromatic rings. The average molecular weight is 326 g/mol. The summed E-state index contributed by atoms with van der Waals surface area (Å²) in [5.41, 5.74) is 0. The van der Waals surface area contributed by atoms with Gasteiger partial charge < -0.3 is 0 Å². The Labute approximate surface area is 129 Å². The van der Waals surface area contributed by atoms with Gasteiger partial charge in [-0.1, -0.05) is 78.1 Å². The van der Waals surface area contributed by atoms with Gasteiger partial charge in [0.25, 0.3) is 0 Å². The molecule has 0 atom stereocenters. The van der Waals surface area contributed by atoms with Crippen LogP contribution in [0.25, 0.3) is 0 Å². The van der Waals surface area contributed by atoms with Crippen LogP contribution in [-0.2, 0) is 9.84 Å². The second-order valence-electron chi connectivity index (χ2n) is 5.88. The van der Waals surface area contributed by atoms with E-state index < -0.39 is 20.8 Å². The third-order valence-corrected chi connectivity index (χ3v) is 5.87. The van der Waals surface area contributed by atoms with Crippen molar-refractivity contribution in [2.75, 3.05) is 0 Å². The Bertz CT molecular complexity index is 315. The number of sulfone groups is 1. The summed E-state index contributed by atoms with van der Waals surface area (Å²) in [5, 5.41) is -0.847. The smallest absolute Gasteiger partial charge is 0.223 e. The van der Waals surface area contributed by atoms with E-state index in [0.29, 0.717) is 12.8 Å². The summed E-state index contributed by atoms with van der Waals surface area (Å²) in [4.78, 5) is 0. The van der Waals surface area contributed by atoms with Crippen molar-refractivity contribution >= 4 is 9.84 Å². The van der Waals surface area contributed by atoms with Crippen LogP contribution in [0.15, 0.2) is 0 Å². The number of unbranched alkanes of at least 4 members (excludes halogenated alkanes) is 8. The maximum absolute atomic E-state index is 12.7. The second kappa shape index (κ2) is 12.4. The molecule has 0 unspecified atom stereocenters. The third kappa shape index (κ3) is 9.43. The lowest BCUT2D eigenvalue weighted by Crippen LogP contribution is -2.27. The van der Waals surface area contributed by atoms with Gasteiger partial charge in [-0.3, -0.25) is 0 Å². The van der Waals surface area contributed by atoms with Gasteiger partial charge >= 0.3 is 5.76 Å². The predicted octanol–water partition coefficient (Wildman–Crippen LogP) is 5.71. The minimum Gasteiger partial charge on any atom is -0.223 e. The van der Waals surface area contributed by atoms with E-state index in [1.165, 1.54) is 0 Å². The van der Waals surface area contributed by atoms with E-state index in [1.807, 2.05) is 0 Å². The maximum atomic E-state index is 12.7. The fraction of sp³-hybridized carbons (Fsp3) is 1.00. The highest BCUT2D eigenvalue weighted by atomic mass is 32.2. The van der Waals surface area contributed by atoms with Gasteiger partial charge in [-0.05, 0) is 12.8 Å². The van der Waals surface area contributed by atoms with Gasteiger partial charge in [0.1, 0.15) is 0 Å². The molecule has 0 rings (SSSR count). The lowest BCUT2D eigenvalue weighted by molar-refractivity contribution is 0.231. The molecule has 0 N–H and O–H groups in total. The highest BCUT2D eigenvalue weighted by molar-refractivity contribution is 7.92. The molecule has 5 heteroatoms. The molecule has 0 aliphatic heterocycles. The molecule has 0 bridgehead atoms. The molecule has 0 radical (unpaired) electrons. The van der Waals surface area contributed by atoms with Gasteiger partial charge in [-0.15, -0.1) is 0 Å². The molecule has 128 valence electrons. The van der Waals surface area contributed by atoms with E-state index >= 15 is 0 Å². The summed E-state index contributed by atoms with van der Waals surface area (Å²) in [6.45, 7) is 4.22. The van der Waals surface area contributed by atoms with Gasteiger partial charge in [-0.2, -0.15) is 8.78 Å². The van der Waals surface area contributed by atoms with Crippen molar-refractivity contribution in [2.45, 2.75) is 102 Å². The van der Waals surface area contributed by atoms with Gasteiger partial charge in [0.2, 0.25) is 9.84 Å². The molecule has 0 aromatic heterocycles. The molecule has 0 aromatic carbocycles. The summed E-state index contributed by atoms with van der Waals surface area (Å²) in [6.07, 6.45) is 10.8. The van der Waals surface area contributed by atoms with E-state index in [2.05, 4.69) is 13.8 Å². The van der Waals surface area contributed by atoms with Crippen LogP contribution >= 0.6 is 0 Å². The lowest BCUT2D eigenvalue weighted by Gasteiger charge is -2.17. The number of halogens is 2. The van der Waals surface area contributed by atoms with Gasteiger partial charge in [0.15, 0.2) is 0 Å². The molecular formula is C16H32F2O2S. The zero-order valence-electron chi connectivity index (χ0n) is 13.6. The Hall–Kier alpha value is -0.190. The van der Waals surface area contributed by atoms with Crippen molar-refractivity contribution in [3.63, 3.8) is 0 Å². The van der Waals surface area contributed by atoms with Crippen LogP contribution in [-0.4, -0.2) is 19.4 Å². The maximum Gasteiger partial charge on any atom is 0.337 e. The van der Waals surface area contributed by atoms with Gasteiger partial charge in [0.05, 0.1) is 5.25 Å². The quantitative estimate of drug-likeness (QED) is 0.383. The molecule has 0 saturated heterocycles. The Morgan fingerprint density at radius 2 is 1.10 bits per heavy atom. The van der Waals surface area contributed by atoms with Crippen LogP contribution in [0.1, 0.15) is 90.9 Å². The first kappa shape index (κ1) is 20.8. The van der Waals surface area contributed by atoms with Crippen LogP contribution < -0.4 is 0 Å². The number of hydrogen-bond donors (Lipinski definition) is 0. The number of rotatable bonds is 14. The molecule has 0 spiro atoms. The largest absolute Gasteiger partial charge is 0.337 e. The minimum absolute atomic E-state index is 0.393. The first-order chi connectivity index (χ1) is 9.96. The van der Waals surface area contributed by atoms with Crippen LogP contribution in [0.5, 0.6) is 0 Å². The predicted molar refractivity (Wildman–Crippen MR) is 85.5 cm³/mol. The van der Waals surface area contributed by atoms with Crippen molar-refractivity contribution < 1.29 is 17.2 Å². The zero-order chi connectivity index (χ0) is 16.1. The van der Waals surface area contributed by atoms with Crippen molar-refractivity contribution in [1.29, 1.82) is 0 Å². The summed E-state index contributed by atoms with van der Waals surface area (Å²) in [7, 11) is -4.26. The fourth-order valence-electron chi connectivity index (χ4n) is 2.57. The first-order valence-electron chi connectivity index (χ1n) is 8.47. The molecular weight excluding hydrogens is 294 g/mol. The summed E-state index contributed by atoms with van der Waals surface area (Å²) >= 11 is 0. The number of alkyl halides is 2. The van der Waals surface area contributed by atoms with Crippen molar-refractivity contribution in [2.24, 2.45) is 0 Å². The highest BCUT2D eigenvalue weighted by Crippen LogP contribution is 2.23. The first-order valence-corrected chi connectivity index (χ1v) is 10.1. The van der Waals surface area contributed by atoms with Crippen molar-refractivity contribution in [3.8, 4) is 0 Å². The van der Waals surface area contributed by atoms with E-state index in [4.69, 9.17) is 0 Å². The van der Waals surface area contributed by atoms with E-state index in [0.717, 1.165) is 64.2 Å². The van der Waals surface area contributed by atoms with Crippen LogP contribution in [0.2, 0.25) is 0 Å². The van der Waals surface area contributed by atoms with Crippen molar-refractivity contribution in [3.05, 3.63) is 0 Å². The van der Waals surface area contributed by atoms with E-state index in [-0.39, 0.29) is 0 Å². The van der Waals surface area contributed by atoms with E-state index in [9.17, 15) is 17.2 Å². The highest BCUT2D eigenvalue weighted by Gasteiger charge is 2.33. The van der Waals surface area contributed by atoms with Gasteiger partial charge in [-0.25, -0.2) is 8.42 Å².